The Bertz CT molecular complexity index is 1340. The van der Waals surface area contributed by atoms with Crippen LogP contribution in [0.1, 0.15) is 21.5 Å². The molecule has 7 nitrogen and oxygen atoms in total. The van der Waals surface area contributed by atoms with E-state index in [2.05, 4.69) is 55.4 Å². The average Bonchev–Trinajstić information content (AvgIpc) is 3.31. The fourth-order valence-corrected chi connectivity index (χ4v) is 4.95. The zero-order valence-electron chi connectivity index (χ0n) is 19.6. The monoisotopic (exact) mass is 467 g/mol. The van der Waals surface area contributed by atoms with Gasteiger partial charge in [0, 0.05) is 62.3 Å². The predicted molar refractivity (Wildman–Crippen MR) is 137 cm³/mol. The zero-order valence-corrected chi connectivity index (χ0v) is 19.6. The number of nitrogens with one attached hydrogen (secondary N) is 2. The molecule has 35 heavy (non-hydrogen) atoms. The fraction of sp³-hybridized carbons (Fsp3) is 0.286. The SMILES string of the molecule is O=C(N[C@H]1COc2cc(N3CCNCC3)ccc2C1)c1cnc2c(ccn2Cc2ccccc2)c1. The lowest BCUT2D eigenvalue weighted by molar-refractivity contribution is 0.0915. The lowest BCUT2D eigenvalue weighted by atomic mass is 10.0. The van der Waals surface area contributed by atoms with Crippen molar-refractivity contribution < 1.29 is 9.53 Å². The number of fused-ring (bicyclic) bond motifs is 2. The second kappa shape index (κ2) is 9.43. The van der Waals surface area contributed by atoms with E-state index in [0.29, 0.717) is 12.2 Å². The molecule has 2 N–H and O–H groups in total. The topological polar surface area (TPSA) is 71.4 Å². The Balaban J connectivity index is 1.12. The van der Waals surface area contributed by atoms with Crippen LogP contribution < -0.4 is 20.3 Å². The van der Waals surface area contributed by atoms with Gasteiger partial charge >= 0.3 is 0 Å². The second-order valence-corrected chi connectivity index (χ2v) is 9.28. The van der Waals surface area contributed by atoms with Gasteiger partial charge in [-0.25, -0.2) is 4.98 Å². The van der Waals surface area contributed by atoms with E-state index in [-0.39, 0.29) is 11.9 Å². The largest absolute Gasteiger partial charge is 0.491 e. The van der Waals surface area contributed by atoms with Gasteiger partial charge in [-0.15, -0.1) is 0 Å². The highest BCUT2D eigenvalue weighted by atomic mass is 16.5. The first-order chi connectivity index (χ1) is 17.2. The van der Waals surface area contributed by atoms with Crippen molar-refractivity contribution in [2.24, 2.45) is 0 Å². The summed E-state index contributed by atoms with van der Waals surface area (Å²) in [5, 5.41) is 7.48. The Morgan fingerprint density at radius 1 is 1.09 bits per heavy atom. The number of carbonyl (C=O) groups excluding carboxylic acids is 1. The van der Waals surface area contributed by atoms with Gasteiger partial charge in [0.05, 0.1) is 11.6 Å². The van der Waals surface area contributed by atoms with Crippen LogP contribution in [0.3, 0.4) is 0 Å². The van der Waals surface area contributed by atoms with E-state index in [1.54, 1.807) is 6.20 Å². The molecule has 178 valence electrons. The number of hydrogen-bond donors (Lipinski definition) is 2. The van der Waals surface area contributed by atoms with Crippen molar-refractivity contribution in [2.45, 2.75) is 19.0 Å². The van der Waals surface area contributed by atoms with Crippen molar-refractivity contribution in [3.05, 3.63) is 89.7 Å². The summed E-state index contributed by atoms with van der Waals surface area (Å²) in [6.07, 6.45) is 4.44. The number of anilines is 1. The van der Waals surface area contributed by atoms with E-state index in [1.165, 1.54) is 11.3 Å². The standard InChI is InChI=1S/C28H29N5O2/c34-28(23-14-22-8-11-33(27(22)30-17-23)18-20-4-2-1-3-5-20)31-24-15-21-6-7-25(16-26(21)35-19-24)32-12-9-29-10-13-32/h1-8,11,14,16-17,24,29H,9-10,12-13,15,18-19H2,(H,31,34)/t24-/m1/s1. The molecule has 2 aliphatic heterocycles. The minimum Gasteiger partial charge on any atom is -0.491 e. The highest BCUT2D eigenvalue weighted by Crippen LogP contribution is 2.30. The van der Waals surface area contributed by atoms with E-state index in [4.69, 9.17) is 4.74 Å². The number of benzene rings is 2. The summed E-state index contributed by atoms with van der Waals surface area (Å²) in [4.78, 5) is 20.0. The van der Waals surface area contributed by atoms with Crippen molar-refractivity contribution in [1.82, 2.24) is 20.2 Å². The molecule has 6 rings (SSSR count). The Labute approximate surface area is 204 Å². The van der Waals surface area contributed by atoms with Crippen LogP contribution in [0.25, 0.3) is 11.0 Å². The summed E-state index contributed by atoms with van der Waals surface area (Å²) in [5.74, 6) is 0.805. The number of aromatic nitrogens is 2. The summed E-state index contributed by atoms with van der Waals surface area (Å²) in [7, 11) is 0. The molecule has 1 amide bonds. The van der Waals surface area contributed by atoms with E-state index in [1.807, 2.05) is 36.5 Å². The van der Waals surface area contributed by atoms with Crippen LogP contribution in [0.15, 0.2) is 73.1 Å². The van der Waals surface area contributed by atoms with Crippen molar-refractivity contribution in [2.75, 3.05) is 37.7 Å². The number of nitrogens with zero attached hydrogens (tertiary/aromatic N) is 3. The third-order valence-corrected chi connectivity index (χ3v) is 6.83. The quantitative estimate of drug-likeness (QED) is 0.472. The molecule has 0 radical (unpaired) electrons. The second-order valence-electron chi connectivity index (χ2n) is 9.28. The minimum atomic E-state index is -0.121. The van der Waals surface area contributed by atoms with Crippen molar-refractivity contribution in [1.29, 1.82) is 0 Å². The van der Waals surface area contributed by atoms with Crippen LogP contribution in [-0.4, -0.2) is 54.3 Å². The fourth-order valence-electron chi connectivity index (χ4n) is 4.95. The Morgan fingerprint density at radius 2 is 1.94 bits per heavy atom. The number of piperazine rings is 1. The molecule has 0 saturated carbocycles. The first-order valence-corrected chi connectivity index (χ1v) is 12.2. The van der Waals surface area contributed by atoms with Crippen LogP contribution in [0.4, 0.5) is 5.69 Å². The lowest BCUT2D eigenvalue weighted by Crippen LogP contribution is -2.44. The zero-order chi connectivity index (χ0) is 23.6. The summed E-state index contributed by atoms with van der Waals surface area (Å²) in [6.45, 7) is 5.23. The molecule has 0 aliphatic carbocycles. The number of rotatable bonds is 5. The Kier molecular flexibility index (Phi) is 5.84. The molecule has 4 heterocycles. The molecule has 0 bridgehead atoms. The van der Waals surface area contributed by atoms with Gasteiger partial charge in [0.25, 0.3) is 5.91 Å². The summed E-state index contributed by atoms with van der Waals surface area (Å²) >= 11 is 0. The number of pyridine rings is 1. The van der Waals surface area contributed by atoms with Crippen LogP contribution in [0, 0.1) is 0 Å². The third kappa shape index (κ3) is 4.59. The maximum absolute atomic E-state index is 13.0. The van der Waals surface area contributed by atoms with Gasteiger partial charge in [-0.3, -0.25) is 4.79 Å². The maximum Gasteiger partial charge on any atom is 0.253 e. The summed E-state index contributed by atoms with van der Waals surface area (Å²) < 4.78 is 8.16. The molecule has 0 spiro atoms. The number of hydrogen-bond acceptors (Lipinski definition) is 5. The van der Waals surface area contributed by atoms with Gasteiger partial charge in [-0.05, 0) is 35.7 Å². The van der Waals surface area contributed by atoms with Gasteiger partial charge in [0.2, 0.25) is 0 Å². The van der Waals surface area contributed by atoms with E-state index < -0.39 is 0 Å². The molecule has 0 unspecified atom stereocenters. The van der Waals surface area contributed by atoms with Gasteiger partial charge in [0.15, 0.2) is 0 Å². The molecule has 2 aromatic carbocycles. The van der Waals surface area contributed by atoms with Gasteiger partial charge in [-0.2, -0.15) is 0 Å². The highest BCUT2D eigenvalue weighted by molar-refractivity contribution is 5.97. The predicted octanol–water partition coefficient (Wildman–Crippen LogP) is 3.23. The molecule has 4 aromatic rings. The molecular formula is C28H29N5O2. The maximum atomic E-state index is 13.0. The molecular weight excluding hydrogens is 438 g/mol. The molecule has 2 aliphatic rings. The molecule has 1 saturated heterocycles. The Morgan fingerprint density at radius 3 is 2.80 bits per heavy atom. The van der Waals surface area contributed by atoms with Gasteiger partial charge in [-0.1, -0.05) is 36.4 Å². The van der Waals surface area contributed by atoms with Crippen LogP contribution in [0.5, 0.6) is 5.75 Å². The van der Waals surface area contributed by atoms with Crippen LogP contribution >= 0.6 is 0 Å². The normalized spacial score (nSPS) is 17.6. The van der Waals surface area contributed by atoms with E-state index in [9.17, 15) is 4.79 Å². The average molecular weight is 468 g/mol. The molecule has 2 aromatic heterocycles. The summed E-state index contributed by atoms with van der Waals surface area (Å²) in [6, 6.07) is 20.6. The van der Waals surface area contributed by atoms with Crippen molar-refractivity contribution in [3.63, 3.8) is 0 Å². The van der Waals surface area contributed by atoms with Gasteiger partial charge in [0.1, 0.15) is 18.0 Å². The van der Waals surface area contributed by atoms with Crippen molar-refractivity contribution >= 4 is 22.6 Å². The number of ether oxygens (including phenoxy) is 1. The summed E-state index contributed by atoms with van der Waals surface area (Å²) in [5.41, 5.74) is 4.99. The van der Waals surface area contributed by atoms with Crippen molar-refractivity contribution in [3.8, 4) is 5.75 Å². The van der Waals surface area contributed by atoms with E-state index in [0.717, 1.165) is 61.5 Å². The minimum absolute atomic E-state index is 0.0709. The third-order valence-electron chi connectivity index (χ3n) is 6.83. The van der Waals surface area contributed by atoms with E-state index >= 15 is 0 Å². The number of amides is 1. The van der Waals surface area contributed by atoms with Crippen LogP contribution in [0.2, 0.25) is 0 Å². The van der Waals surface area contributed by atoms with Crippen LogP contribution in [-0.2, 0) is 13.0 Å². The lowest BCUT2D eigenvalue weighted by Gasteiger charge is -2.31. The molecule has 7 heteroatoms. The first-order valence-electron chi connectivity index (χ1n) is 12.2. The Hall–Kier alpha value is -3.84. The molecule has 1 fully saturated rings. The molecule has 1 atom stereocenters. The van der Waals surface area contributed by atoms with Gasteiger partial charge < -0.3 is 24.8 Å². The number of carbonyl (C=O) groups is 1. The first kappa shape index (κ1) is 21.7. The smallest absolute Gasteiger partial charge is 0.253 e. The highest BCUT2D eigenvalue weighted by Gasteiger charge is 2.23.